The molecule has 0 aromatic heterocycles. The summed E-state index contributed by atoms with van der Waals surface area (Å²) in [6, 6.07) is 0. The first-order valence-corrected chi connectivity index (χ1v) is 4.96. The van der Waals surface area contributed by atoms with Gasteiger partial charge in [-0.25, -0.2) is 9.59 Å². The average molecular weight is 216 g/mol. The summed E-state index contributed by atoms with van der Waals surface area (Å²) in [6.07, 6.45) is 1.44. The topological polar surface area (TPSA) is 65.1 Å². The van der Waals surface area contributed by atoms with Crippen LogP contribution in [0.4, 0.5) is 0 Å². The number of carbonyl (C=O) groups is 2. The molecule has 5 nitrogen and oxygen atoms in total. The second-order valence-electron chi connectivity index (χ2n) is 3.51. The van der Waals surface area contributed by atoms with Crippen LogP contribution in [0.15, 0.2) is 0 Å². The molecule has 0 aromatic carbocycles. The van der Waals surface area contributed by atoms with Crippen LogP contribution < -0.4 is 0 Å². The van der Waals surface area contributed by atoms with E-state index in [4.69, 9.17) is 4.74 Å². The molecular weight excluding hydrogens is 200 g/mol. The largest absolute Gasteiger partial charge is 0.467 e. The Morgan fingerprint density at radius 1 is 1.33 bits per heavy atom. The number of hydrogen-bond donors (Lipinski definition) is 0. The Morgan fingerprint density at radius 2 is 2.00 bits per heavy atom. The maximum atomic E-state index is 11.5. The van der Waals surface area contributed by atoms with E-state index >= 15 is 0 Å². The van der Waals surface area contributed by atoms with E-state index in [1.54, 1.807) is 0 Å². The van der Waals surface area contributed by atoms with Crippen molar-refractivity contribution in [2.45, 2.75) is 37.9 Å². The zero-order chi connectivity index (χ0) is 11.5. The van der Waals surface area contributed by atoms with E-state index in [1.807, 2.05) is 6.92 Å². The highest BCUT2D eigenvalue weighted by Crippen LogP contribution is 2.42. The van der Waals surface area contributed by atoms with Crippen LogP contribution >= 0.6 is 0 Å². The summed E-state index contributed by atoms with van der Waals surface area (Å²) in [5, 5.41) is 0. The molecule has 0 radical (unpaired) electrons. The minimum atomic E-state index is -1.09. The summed E-state index contributed by atoms with van der Waals surface area (Å²) in [4.78, 5) is 22.7. The monoisotopic (exact) mass is 216 g/mol. The Morgan fingerprint density at radius 3 is 2.47 bits per heavy atom. The molecule has 5 heteroatoms. The number of carbonyl (C=O) groups excluding carboxylic acids is 2. The maximum absolute atomic E-state index is 11.5. The Bertz CT molecular complexity index is 263. The van der Waals surface area contributed by atoms with E-state index in [2.05, 4.69) is 9.47 Å². The van der Waals surface area contributed by atoms with Crippen LogP contribution in [0.3, 0.4) is 0 Å². The Balaban J connectivity index is 2.66. The van der Waals surface area contributed by atoms with Gasteiger partial charge in [0.2, 0.25) is 5.60 Å². The quantitative estimate of drug-likeness (QED) is 0.499. The number of unbranched alkanes of at least 4 members (excludes halogenated alkanes) is 1. The van der Waals surface area contributed by atoms with Gasteiger partial charge in [-0.15, -0.1) is 0 Å². The fraction of sp³-hybridized carbons (Fsp3) is 0.800. The smallest absolute Gasteiger partial charge is 0.341 e. The van der Waals surface area contributed by atoms with Gasteiger partial charge in [0, 0.05) is 0 Å². The number of methoxy groups -OCH3 is 2. The number of esters is 2. The summed E-state index contributed by atoms with van der Waals surface area (Å²) in [5.74, 6) is -1.01. The van der Waals surface area contributed by atoms with Crippen molar-refractivity contribution in [1.82, 2.24) is 0 Å². The molecule has 86 valence electrons. The van der Waals surface area contributed by atoms with Crippen LogP contribution in [0.5, 0.6) is 0 Å². The van der Waals surface area contributed by atoms with Gasteiger partial charge in [0.05, 0.1) is 14.2 Å². The van der Waals surface area contributed by atoms with E-state index in [0.717, 1.165) is 12.8 Å². The van der Waals surface area contributed by atoms with Gasteiger partial charge < -0.3 is 14.2 Å². The predicted molar refractivity (Wildman–Crippen MR) is 51.2 cm³/mol. The van der Waals surface area contributed by atoms with Gasteiger partial charge in [-0.05, 0) is 6.42 Å². The van der Waals surface area contributed by atoms with Gasteiger partial charge in [-0.2, -0.15) is 0 Å². The van der Waals surface area contributed by atoms with Crippen molar-refractivity contribution in [3.05, 3.63) is 0 Å². The molecule has 1 aliphatic rings. The number of hydrogen-bond acceptors (Lipinski definition) is 5. The SMILES string of the molecule is CCCC[C@@]1(C(=O)OC)O[C@@H]1C(=O)OC. The van der Waals surface area contributed by atoms with Crippen molar-refractivity contribution in [3.63, 3.8) is 0 Å². The Hall–Kier alpha value is -1.10. The molecule has 15 heavy (non-hydrogen) atoms. The molecule has 1 fully saturated rings. The molecular formula is C10H16O5. The lowest BCUT2D eigenvalue weighted by atomic mass is 9.98. The van der Waals surface area contributed by atoms with Crippen LogP contribution in [-0.4, -0.2) is 37.9 Å². The van der Waals surface area contributed by atoms with Crippen LogP contribution in [0.2, 0.25) is 0 Å². The average Bonchev–Trinajstić information content (AvgIpc) is 3.00. The first-order chi connectivity index (χ1) is 7.12. The summed E-state index contributed by atoms with van der Waals surface area (Å²) < 4.78 is 14.3. The van der Waals surface area contributed by atoms with Crippen molar-refractivity contribution >= 4 is 11.9 Å². The van der Waals surface area contributed by atoms with Crippen molar-refractivity contribution < 1.29 is 23.8 Å². The third-order valence-electron chi connectivity index (χ3n) is 2.54. The van der Waals surface area contributed by atoms with Gasteiger partial charge in [0.25, 0.3) is 0 Å². The van der Waals surface area contributed by atoms with Gasteiger partial charge in [-0.1, -0.05) is 19.8 Å². The lowest BCUT2D eigenvalue weighted by Gasteiger charge is -2.08. The second kappa shape index (κ2) is 4.61. The fourth-order valence-electron chi connectivity index (χ4n) is 1.58. The first-order valence-electron chi connectivity index (χ1n) is 4.96. The highest BCUT2D eigenvalue weighted by atomic mass is 16.7. The zero-order valence-electron chi connectivity index (χ0n) is 9.24. The molecule has 1 heterocycles. The molecule has 0 saturated carbocycles. The van der Waals surface area contributed by atoms with Gasteiger partial charge in [-0.3, -0.25) is 0 Å². The molecule has 1 aliphatic heterocycles. The van der Waals surface area contributed by atoms with Gasteiger partial charge in [0.1, 0.15) is 0 Å². The summed E-state index contributed by atoms with van der Waals surface area (Å²) in [7, 11) is 2.55. The third-order valence-corrected chi connectivity index (χ3v) is 2.54. The van der Waals surface area contributed by atoms with E-state index < -0.39 is 23.6 Å². The predicted octanol–water partition coefficient (Wildman–Crippen LogP) is 0.660. The zero-order valence-corrected chi connectivity index (χ0v) is 9.24. The molecule has 2 atom stereocenters. The van der Waals surface area contributed by atoms with Gasteiger partial charge in [0.15, 0.2) is 6.10 Å². The molecule has 1 rings (SSSR count). The lowest BCUT2D eigenvalue weighted by Crippen LogP contribution is -2.32. The Labute approximate surface area is 88.7 Å². The van der Waals surface area contributed by atoms with Gasteiger partial charge >= 0.3 is 11.9 Å². The first kappa shape index (κ1) is 12.0. The highest BCUT2D eigenvalue weighted by Gasteiger charge is 2.67. The van der Waals surface area contributed by atoms with E-state index in [1.165, 1.54) is 14.2 Å². The summed E-state index contributed by atoms with van der Waals surface area (Å²) >= 11 is 0. The summed E-state index contributed by atoms with van der Waals surface area (Å²) in [5.41, 5.74) is -1.09. The standard InChI is InChI=1S/C10H16O5/c1-4-5-6-10(9(12)14-3)7(15-10)8(11)13-2/h7H,4-6H2,1-3H3/t7-,10-/m1/s1. The van der Waals surface area contributed by atoms with Crippen LogP contribution in [0.1, 0.15) is 26.2 Å². The van der Waals surface area contributed by atoms with Crippen LogP contribution in [0.25, 0.3) is 0 Å². The lowest BCUT2D eigenvalue weighted by molar-refractivity contribution is -0.148. The van der Waals surface area contributed by atoms with Crippen molar-refractivity contribution in [2.24, 2.45) is 0 Å². The number of rotatable bonds is 5. The molecule has 0 bridgehead atoms. The molecule has 0 aliphatic carbocycles. The van der Waals surface area contributed by atoms with Crippen LogP contribution in [-0.2, 0) is 23.8 Å². The normalized spacial score (nSPS) is 28.3. The van der Waals surface area contributed by atoms with E-state index in [0.29, 0.717) is 6.42 Å². The van der Waals surface area contributed by atoms with Crippen molar-refractivity contribution in [3.8, 4) is 0 Å². The minimum Gasteiger partial charge on any atom is -0.467 e. The van der Waals surface area contributed by atoms with E-state index in [9.17, 15) is 9.59 Å². The third kappa shape index (κ3) is 2.12. The highest BCUT2D eigenvalue weighted by molar-refractivity contribution is 5.94. The molecule has 1 saturated heterocycles. The Kier molecular flexibility index (Phi) is 3.68. The maximum Gasteiger partial charge on any atom is 0.341 e. The molecule has 0 aromatic rings. The molecule has 0 amide bonds. The molecule has 0 unspecified atom stereocenters. The number of epoxide rings is 1. The van der Waals surface area contributed by atoms with Crippen molar-refractivity contribution in [2.75, 3.05) is 14.2 Å². The minimum absolute atomic E-state index is 0.494. The number of ether oxygens (including phenoxy) is 3. The van der Waals surface area contributed by atoms with Crippen molar-refractivity contribution in [1.29, 1.82) is 0 Å². The second-order valence-corrected chi connectivity index (χ2v) is 3.51. The van der Waals surface area contributed by atoms with Crippen LogP contribution in [0, 0.1) is 0 Å². The fourth-order valence-corrected chi connectivity index (χ4v) is 1.58. The molecule has 0 spiro atoms. The molecule has 0 N–H and O–H groups in total. The van der Waals surface area contributed by atoms with E-state index in [-0.39, 0.29) is 0 Å². The summed E-state index contributed by atoms with van der Waals surface area (Å²) in [6.45, 7) is 2.00.